The highest BCUT2D eigenvalue weighted by Crippen LogP contribution is 2.30. The maximum atomic E-state index is 11.7. The number of nitrogens with zero attached hydrogens (tertiary/aromatic N) is 2. The van der Waals surface area contributed by atoms with Crippen molar-refractivity contribution in [2.75, 3.05) is 18.4 Å². The number of nitro groups is 1. The molecular formula is C18H22N4O5. The Morgan fingerprint density at radius 2 is 2.04 bits per heavy atom. The molecule has 1 amide bonds. The predicted molar refractivity (Wildman–Crippen MR) is 100 cm³/mol. The molecule has 144 valence electrons. The summed E-state index contributed by atoms with van der Waals surface area (Å²) in [6.45, 7) is 6.81. The van der Waals surface area contributed by atoms with Gasteiger partial charge in [0.15, 0.2) is 0 Å². The lowest BCUT2D eigenvalue weighted by Gasteiger charge is -2.10. The van der Waals surface area contributed by atoms with Gasteiger partial charge in [-0.05, 0) is 25.0 Å². The third kappa shape index (κ3) is 6.14. The average molecular weight is 374 g/mol. The Balaban J connectivity index is 2.10. The van der Waals surface area contributed by atoms with Crippen molar-refractivity contribution in [2.45, 2.75) is 20.8 Å². The fourth-order valence-corrected chi connectivity index (χ4v) is 2.11. The third-order valence-corrected chi connectivity index (χ3v) is 3.31. The van der Waals surface area contributed by atoms with Gasteiger partial charge in [0.25, 0.3) is 0 Å². The number of carbonyl (C=O) groups excluding carboxylic acids is 1. The van der Waals surface area contributed by atoms with Gasteiger partial charge in [0, 0.05) is 25.2 Å². The van der Waals surface area contributed by atoms with Crippen LogP contribution in [-0.2, 0) is 0 Å². The molecule has 2 aromatic rings. The molecule has 9 heteroatoms. The molecule has 0 aliphatic carbocycles. The molecule has 2 N–H and O–H groups in total. The van der Waals surface area contributed by atoms with Crippen molar-refractivity contribution < 1.29 is 19.2 Å². The third-order valence-electron chi connectivity index (χ3n) is 3.31. The minimum absolute atomic E-state index is 0.136. The molecule has 0 radical (unpaired) electrons. The molecule has 0 unspecified atom stereocenters. The second kappa shape index (κ2) is 9.37. The summed E-state index contributed by atoms with van der Waals surface area (Å²) in [7, 11) is 0. The van der Waals surface area contributed by atoms with E-state index in [0.29, 0.717) is 36.2 Å². The van der Waals surface area contributed by atoms with Crippen LogP contribution in [0.25, 0.3) is 0 Å². The van der Waals surface area contributed by atoms with Gasteiger partial charge in [-0.25, -0.2) is 9.78 Å². The van der Waals surface area contributed by atoms with E-state index in [1.165, 1.54) is 12.1 Å². The van der Waals surface area contributed by atoms with Crippen LogP contribution in [0.5, 0.6) is 17.4 Å². The van der Waals surface area contributed by atoms with Crippen LogP contribution in [0.3, 0.4) is 0 Å². The standard InChI is InChI=1S/C18H22N4O5/c1-4-19-15-9-17(20-11-16(15)22(24)25)26-13-6-5-7-14(8-13)27-18(23)21-10-12(2)3/h5-9,11-12H,4,10H2,1-3H3,(H,19,20)(H,21,23). The number of hydrogen-bond donors (Lipinski definition) is 2. The average Bonchev–Trinajstić information content (AvgIpc) is 2.60. The molecule has 2 rings (SSSR count). The number of ether oxygens (including phenoxy) is 2. The highest BCUT2D eigenvalue weighted by atomic mass is 16.6. The smallest absolute Gasteiger partial charge is 0.412 e. The molecule has 0 aliphatic rings. The first-order valence-electron chi connectivity index (χ1n) is 8.51. The maximum Gasteiger partial charge on any atom is 0.412 e. The van der Waals surface area contributed by atoms with Crippen molar-refractivity contribution in [3.63, 3.8) is 0 Å². The molecule has 0 bridgehead atoms. The van der Waals surface area contributed by atoms with Gasteiger partial charge < -0.3 is 20.1 Å². The Labute approximate surface area is 156 Å². The molecule has 27 heavy (non-hydrogen) atoms. The van der Waals surface area contributed by atoms with Crippen molar-refractivity contribution in [2.24, 2.45) is 5.92 Å². The van der Waals surface area contributed by atoms with Crippen LogP contribution in [0.2, 0.25) is 0 Å². The number of amides is 1. The summed E-state index contributed by atoms with van der Waals surface area (Å²) in [6.07, 6.45) is 0.580. The van der Waals surface area contributed by atoms with Crippen molar-refractivity contribution >= 4 is 17.5 Å². The van der Waals surface area contributed by atoms with Crippen molar-refractivity contribution in [3.8, 4) is 17.4 Å². The van der Waals surface area contributed by atoms with Crippen LogP contribution < -0.4 is 20.1 Å². The number of nitrogens with one attached hydrogen (secondary N) is 2. The van der Waals surface area contributed by atoms with Gasteiger partial charge in [-0.1, -0.05) is 19.9 Å². The van der Waals surface area contributed by atoms with E-state index >= 15 is 0 Å². The quantitative estimate of drug-likeness (QED) is 0.531. The Hall–Kier alpha value is -3.36. The summed E-state index contributed by atoms with van der Waals surface area (Å²) in [5.74, 6) is 1.18. The van der Waals surface area contributed by atoms with Crippen LogP contribution >= 0.6 is 0 Å². The molecule has 9 nitrogen and oxygen atoms in total. The Morgan fingerprint density at radius 3 is 2.70 bits per heavy atom. The summed E-state index contributed by atoms with van der Waals surface area (Å²) in [5, 5.41) is 16.6. The van der Waals surface area contributed by atoms with Crippen molar-refractivity contribution in [1.29, 1.82) is 0 Å². The number of aromatic nitrogens is 1. The van der Waals surface area contributed by atoms with E-state index in [0.717, 1.165) is 6.20 Å². The van der Waals surface area contributed by atoms with Gasteiger partial charge in [0.2, 0.25) is 5.88 Å². The van der Waals surface area contributed by atoms with Gasteiger partial charge in [-0.15, -0.1) is 0 Å². The normalized spacial score (nSPS) is 10.4. The van der Waals surface area contributed by atoms with Crippen molar-refractivity contribution in [3.05, 3.63) is 46.6 Å². The minimum Gasteiger partial charge on any atom is -0.439 e. The number of anilines is 1. The molecule has 0 spiro atoms. The Kier molecular flexibility index (Phi) is 6.93. The highest BCUT2D eigenvalue weighted by molar-refractivity contribution is 5.70. The Morgan fingerprint density at radius 1 is 1.30 bits per heavy atom. The monoisotopic (exact) mass is 374 g/mol. The summed E-state index contributed by atoms with van der Waals surface area (Å²) in [5.41, 5.74) is 0.177. The van der Waals surface area contributed by atoms with Gasteiger partial charge in [-0.2, -0.15) is 0 Å². The molecule has 1 aromatic carbocycles. The van der Waals surface area contributed by atoms with Crippen LogP contribution in [0.15, 0.2) is 36.5 Å². The van der Waals surface area contributed by atoms with E-state index in [1.54, 1.807) is 18.2 Å². The molecule has 0 fully saturated rings. The number of hydrogen-bond acceptors (Lipinski definition) is 7. The maximum absolute atomic E-state index is 11.7. The van der Waals surface area contributed by atoms with E-state index in [-0.39, 0.29) is 11.6 Å². The fraction of sp³-hybridized carbons (Fsp3) is 0.333. The Bertz CT molecular complexity index is 810. The topological polar surface area (TPSA) is 116 Å². The van der Waals surface area contributed by atoms with Crippen LogP contribution in [0.1, 0.15) is 20.8 Å². The van der Waals surface area contributed by atoms with E-state index in [1.807, 2.05) is 20.8 Å². The van der Waals surface area contributed by atoms with Crippen LogP contribution in [0.4, 0.5) is 16.2 Å². The lowest BCUT2D eigenvalue weighted by Crippen LogP contribution is -2.30. The lowest BCUT2D eigenvalue weighted by molar-refractivity contribution is -0.384. The van der Waals surface area contributed by atoms with Crippen LogP contribution in [-0.4, -0.2) is 29.1 Å². The second-order valence-electron chi connectivity index (χ2n) is 6.07. The molecule has 0 atom stereocenters. The summed E-state index contributed by atoms with van der Waals surface area (Å²) < 4.78 is 10.8. The number of rotatable bonds is 8. The van der Waals surface area contributed by atoms with E-state index in [2.05, 4.69) is 15.6 Å². The lowest BCUT2D eigenvalue weighted by atomic mass is 10.2. The molecule has 1 heterocycles. The zero-order valence-corrected chi connectivity index (χ0v) is 15.4. The fourth-order valence-electron chi connectivity index (χ4n) is 2.11. The van der Waals surface area contributed by atoms with E-state index < -0.39 is 11.0 Å². The first-order chi connectivity index (χ1) is 12.9. The van der Waals surface area contributed by atoms with Crippen molar-refractivity contribution in [1.82, 2.24) is 10.3 Å². The minimum atomic E-state index is -0.552. The van der Waals surface area contributed by atoms with Gasteiger partial charge in [0.1, 0.15) is 23.4 Å². The van der Waals surface area contributed by atoms with Crippen LogP contribution in [0, 0.1) is 16.0 Å². The number of pyridine rings is 1. The summed E-state index contributed by atoms with van der Waals surface area (Å²) >= 11 is 0. The zero-order chi connectivity index (χ0) is 19.8. The van der Waals surface area contributed by atoms with Gasteiger partial charge in [0.05, 0.1) is 4.92 Å². The first kappa shape index (κ1) is 20.0. The summed E-state index contributed by atoms with van der Waals surface area (Å²) in [4.78, 5) is 26.2. The second-order valence-corrected chi connectivity index (χ2v) is 6.07. The van der Waals surface area contributed by atoms with Gasteiger partial charge >= 0.3 is 11.8 Å². The molecule has 0 saturated carbocycles. The molecule has 0 saturated heterocycles. The highest BCUT2D eigenvalue weighted by Gasteiger charge is 2.16. The SMILES string of the molecule is CCNc1cc(Oc2cccc(OC(=O)NCC(C)C)c2)ncc1[N+](=O)[O-]. The zero-order valence-electron chi connectivity index (χ0n) is 15.4. The summed E-state index contributed by atoms with van der Waals surface area (Å²) in [6, 6.07) is 7.93. The number of carbonyl (C=O) groups is 1. The molecule has 1 aromatic heterocycles. The first-order valence-corrected chi connectivity index (χ1v) is 8.51. The molecule has 0 aliphatic heterocycles. The van der Waals surface area contributed by atoms with E-state index in [4.69, 9.17) is 9.47 Å². The number of benzene rings is 1. The van der Waals surface area contributed by atoms with E-state index in [9.17, 15) is 14.9 Å². The molecular weight excluding hydrogens is 352 g/mol. The largest absolute Gasteiger partial charge is 0.439 e. The predicted octanol–water partition coefficient (Wildman–Crippen LogP) is 3.96. The van der Waals surface area contributed by atoms with Gasteiger partial charge in [-0.3, -0.25) is 10.1 Å².